The van der Waals surface area contributed by atoms with Crippen molar-refractivity contribution in [3.63, 3.8) is 0 Å². The molecule has 0 aliphatic heterocycles. The molecule has 0 radical (unpaired) electrons. The molecule has 0 N–H and O–H groups in total. The van der Waals surface area contributed by atoms with Crippen molar-refractivity contribution in [3.05, 3.63) is 158 Å². The van der Waals surface area contributed by atoms with Crippen LogP contribution in [0.5, 0.6) is 0 Å². The van der Waals surface area contributed by atoms with E-state index in [0.717, 1.165) is 38.2 Å². The van der Waals surface area contributed by atoms with E-state index in [9.17, 15) is 16.8 Å². The van der Waals surface area contributed by atoms with Gasteiger partial charge in [0.2, 0.25) is 0 Å². The van der Waals surface area contributed by atoms with Crippen molar-refractivity contribution in [2.24, 2.45) is 0 Å². The second kappa shape index (κ2) is 21.8. The third-order valence-electron chi connectivity index (χ3n) is 9.22. The molecule has 0 heterocycles. The first-order valence-electron chi connectivity index (χ1n) is 19.2. The molecular weight excluding hydrogens is 954 g/mol. The zero-order valence-electron chi connectivity index (χ0n) is 32.1. The van der Waals surface area contributed by atoms with Gasteiger partial charge < -0.3 is 0 Å². The fourth-order valence-electron chi connectivity index (χ4n) is 5.99. The van der Waals surface area contributed by atoms with Crippen molar-refractivity contribution in [1.82, 2.24) is 0 Å². The van der Waals surface area contributed by atoms with Gasteiger partial charge in [-0.1, -0.05) is 32.6 Å². The van der Waals surface area contributed by atoms with E-state index in [1.54, 1.807) is 48.5 Å². The van der Waals surface area contributed by atoms with Gasteiger partial charge in [0.15, 0.2) is 0 Å². The van der Waals surface area contributed by atoms with Crippen LogP contribution in [-0.4, -0.2) is 16.8 Å². The zero-order valence-corrected chi connectivity index (χ0v) is 38.1. The molecule has 5 rings (SSSR count). The summed E-state index contributed by atoms with van der Waals surface area (Å²) in [6.45, 7) is 6.08. The minimum absolute atomic E-state index is 0.114. The summed E-state index contributed by atoms with van der Waals surface area (Å²) in [6, 6.07) is 38.6. The molecule has 0 spiro atoms. The molecule has 0 amide bonds. The van der Waals surface area contributed by atoms with Gasteiger partial charge in [0.25, 0.3) is 0 Å². The number of hydrogen-bond acceptors (Lipinski definition) is 6. The Morgan fingerprint density at radius 3 is 1.16 bits per heavy atom. The molecule has 5 aromatic rings. The number of unbranched alkanes of at least 4 members (excludes halogenated alkanes) is 10. The Bertz CT molecular complexity index is 2110. The van der Waals surface area contributed by atoms with Crippen molar-refractivity contribution in [2.75, 3.05) is 0 Å². The van der Waals surface area contributed by atoms with Crippen LogP contribution in [0.4, 0.5) is 0 Å². The van der Waals surface area contributed by atoms with Crippen LogP contribution in [0.1, 0.15) is 94.2 Å². The van der Waals surface area contributed by atoms with E-state index < -0.39 is 60.7 Å². The quantitative estimate of drug-likeness (QED) is 0.0507. The normalized spacial score (nSPS) is 12.4. The van der Waals surface area contributed by atoms with Crippen molar-refractivity contribution >= 4 is 60.7 Å². The summed E-state index contributed by atoms with van der Waals surface area (Å²) in [5.41, 5.74) is 3.15. The maximum absolute atomic E-state index is 13.7. The minimum atomic E-state index is -4.07. The van der Waals surface area contributed by atoms with Crippen molar-refractivity contribution in [2.45, 2.75) is 108 Å². The standard InChI is InChI=1S/C45H54I2O6S2/c1-4-5-6-7-8-9-10-11-12-13-15-18-39-25-27-41(28-26-39)47(53-55(50,51)45-35-23-38(3)24-36-45)43-31-29-42(30-32-43)46(40-19-16-14-17-20-40)52-54(48,49)44-33-21-37(2)22-34-44/h14,16-17,19-36H,4-13,15,18H2,1-3H3. The first-order valence-corrected chi connectivity index (χ1v) is 28.1. The van der Waals surface area contributed by atoms with Crippen LogP contribution in [0.25, 0.3) is 0 Å². The van der Waals surface area contributed by atoms with Gasteiger partial charge in [0.05, 0.1) is 0 Å². The Balaban J connectivity index is 1.33. The third-order valence-corrected chi connectivity index (χ3v) is 23.9. The Labute approximate surface area is 345 Å². The number of benzene rings is 5. The van der Waals surface area contributed by atoms with Crippen LogP contribution >= 0.6 is 40.5 Å². The predicted molar refractivity (Wildman–Crippen MR) is 241 cm³/mol. The van der Waals surface area contributed by atoms with E-state index in [0.29, 0.717) is 0 Å². The fraction of sp³-hybridized carbons (Fsp3) is 0.333. The van der Waals surface area contributed by atoms with Crippen molar-refractivity contribution < 1.29 is 21.9 Å². The fourth-order valence-corrected chi connectivity index (χ4v) is 19.8. The van der Waals surface area contributed by atoms with Crippen LogP contribution in [-0.2, 0) is 31.7 Å². The first kappa shape index (κ1) is 43.5. The van der Waals surface area contributed by atoms with Gasteiger partial charge in [-0.3, -0.25) is 0 Å². The summed E-state index contributed by atoms with van der Waals surface area (Å²) in [4.78, 5) is 0.236. The number of rotatable bonds is 22. The van der Waals surface area contributed by atoms with Gasteiger partial charge in [0, 0.05) is 0 Å². The summed E-state index contributed by atoms with van der Waals surface area (Å²) < 4.78 is 70.0. The molecular formula is C45H54I2O6S2. The molecule has 5 aromatic carbocycles. The summed E-state index contributed by atoms with van der Waals surface area (Å²) in [6.07, 6.45) is 15.3. The number of aryl methyl sites for hydroxylation is 3. The molecule has 0 aliphatic rings. The SMILES string of the molecule is CCCCCCCCCCCCCc1ccc(I(OS(=O)(=O)c2ccc(C)cc2)c2ccc(I(OS(=O)(=O)c3ccc(C)cc3)c3ccccc3)cc2)cc1. The van der Waals surface area contributed by atoms with Gasteiger partial charge in [0.1, 0.15) is 0 Å². The predicted octanol–water partition coefficient (Wildman–Crippen LogP) is 12.9. The van der Waals surface area contributed by atoms with E-state index in [1.807, 2.05) is 80.6 Å². The molecule has 0 atom stereocenters. The topological polar surface area (TPSA) is 86.7 Å². The van der Waals surface area contributed by atoms with Gasteiger partial charge in [-0.15, -0.1) is 0 Å². The van der Waals surface area contributed by atoms with Crippen molar-refractivity contribution in [3.8, 4) is 0 Å². The molecule has 0 saturated heterocycles. The number of halogens is 2. The Hall–Kier alpha value is -2.62. The Kier molecular flexibility index (Phi) is 17.2. The van der Waals surface area contributed by atoms with E-state index in [2.05, 4.69) is 19.1 Å². The Morgan fingerprint density at radius 2 is 0.764 bits per heavy atom. The van der Waals surface area contributed by atoms with Gasteiger partial charge >= 0.3 is 316 Å². The maximum atomic E-state index is 13.7. The summed E-state index contributed by atoms with van der Waals surface area (Å²) in [7, 11) is -8.11. The van der Waals surface area contributed by atoms with Crippen molar-refractivity contribution in [1.29, 1.82) is 0 Å². The number of hydrogen-bond donors (Lipinski definition) is 0. The van der Waals surface area contributed by atoms with E-state index >= 15 is 0 Å². The zero-order chi connectivity index (χ0) is 39.1. The molecule has 0 aliphatic carbocycles. The molecule has 55 heavy (non-hydrogen) atoms. The second-order valence-electron chi connectivity index (χ2n) is 13.8. The average molecular weight is 1010 g/mol. The first-order chi connectivity index (χ1) is 26.6. The third kappa shape index (κ3) is 13.5. The van der Waals surface area contributed by atoms with Gasteiger partial charge in [-0.2, -0.15) is 0 Å². The van der Waals surface area contributed by atoms with Crippen LogP contribution in [0, 0.1) is 28.1 Å². The van der Waals surface area contributed by atoms with Gasteiger partial charge in [-0.25, -0.2) is 0 Å². The van der Waals surface area contributed by atoms with Crippen LogP contribution in [0.2, 0.25) is 0 Å². The summed E-state index contributed by atoms with van der Waals surface area (Å²) >= 11 is -6.01. The monoisotopic (exact) mass is 1010 g/mol. The molecule has 6 nitrogen and oxygen atoms in total. The summed E-state index contributed by atoms with van der Waals surface area (Å²) in [5.74, 6) is 0. The molecule has 0 unspecified atom stereocenters. The molecule has 10 heteroatoms. The van der Waals surface area contributed by atoms with Crippen LogP contribution in [0.3, 0.4) is 0 Å². The molecule has 0 aromatic heterocycles. The molecule has 296 valence electrons. The van der Waals surface area contributed by atoms with E-state index in [4.69, 9.17) is 5.03 Å². The molecule has 0 bridgehead atoms. The summed E-state index contributed by atoms with van der Waals surface area (Å²) in [5, 5.41) is 0. The average Bonchev–Trinajstić information content (AvgIpc) is 3.19. The van der Waals surface area contributed by atoms with Gasteiger partial charge in [-0.05, 0) is 0 Å². The molecule has 0 fully saturated rings. The van der Waals surface area contributed by atoms with Crippen LogP contribution < -0.4 is 0 Å². The van der Waals surface area contributed by atoms with E-state index in [1.165, 1.54) is 69.8 Å². The second-order valence-corrected chi connectivity index (χ2v) is 26.8. The van der Waals surface area contributed by atoms with E-state index in [-0.39, 0.29) is 9.79 Å². The Morgan fingerprint density at radius 1 is 0.418 bits per heavy atom. The molecule has 0 saturated carbocycles. The van der Waals surface area contributed by atoms with Crippen LogP contribution in [0.15, 0.2) is 137 Å².